The van der Waals surface area contributed by atoms with Gasteiger partial charge in [-0.1, -0.05) is 12.1 Å². The normalized spacial score (nSPS) is 20.9. The van der Waals surface area contributed by atoms with Gasteiger partial charge in [0.25, 0.3) is 5.91 Å². The van der Waals surface area contributed by atoms with E-state index in [1.54, 1.807) is 19.9 Å². The standard InChI is InChI=1S/C23H27N3O5S/c1-13-7-5-8-17(15(13)3)24-23(28)19-9-6-10-26(19)32(29,30)21-12-20-18(11-14(21)2)25-22(27)16(4)31-20/h5,7-8,11-12,16,19H,6,9-10H2,1-4H3,(H,24,28)(H,25,27)/t16-,19+/m0/s1. The first-order valence-electron chi connectivity index (χ1n) is 10.6. The summed E-state index contributed by atoms with van der Waals surface area (Å²) >= 11 is 0. The number of hydrogen-bond donors (Lipinski definition) is 2. The van der Waals surface area contributed by atoms with Crippen LogP contribution >= 0.6 is 0 Å². The Hall–Kier alpha value is -2.91. The van der Waals surface area contributed by atoms with Gasteiger partial charge in [0, 0.05) is 18.3 Å². The maximum atomic E-state index is 13.6. The molecule has 2 aromatic carbocycles. The Labute approximate surface area is 188 Å². The molecule has 170 valence electrons. The van der Waals surface area contributed by atoms with Crippen LogP contribution in [0.25, 0.3) is 0 Å². The molecule has 2 aliphatic rings. The molecule has 2 amide bonds. The maximum absolute atomic E-state index is 13.6. The summed E-state index contributed by atoms with van der Waals surface area (Å²) in [5.74, 6) is -0.320. The van der Waals surface area contributed by atoms with E-state index in [2.05, 4.69) is 10.6 Å². The van der Waals surface area contributed by atoms with E-state index in [4.69, 9.17) is 4.74 Å². The minimum atomic E-state index is -3.96. The molecule has 0 radical (unpaired) electrons. The fourth-order valence-corrected chi connectivity index (χ4v) is 6.02. The molecular weight excluding hydrogens is 430 g/mol. The topological polar surface area (TPSA) is 105 Å². The highest BCUT2D eigenvalue weighted by Gasteiger charge is 2.41. The number of hydrogen-bond acceptors (Lipinski definition) is 5. The molecule has 9 heteroatoms. The van der Waals surface area contributed by atoms with Crippen molar-refractivity contribution < 1.29 is 22.7 Å². The average molecular weight is 458 g/mol. The SMILES string of the molecule is Cc1cc2c(cc1S(=O)(=O)N1CCC[C@@H]1C(=O)Nc1cccc(C)c1C)O[C@@H](C)C(=O)N2. The number of rotatable bonds is 4. The van der Waals surface area contributed by atoms with Crippen molar-refractivity contribution in [2.45, 2.75) is 57.6 Å². The number of benzene rings is 2. The Balaban J connectivity index is 1.63. The molecule has 0 aliphatic carbocycles. The number of carbonyl (C=O) groups is 2. The summed E-state index contributed by atoms with van der Waals surface area (Å²) in [7, 11) is -3.96. The van der Waals surface area contributed by atoms with Gasteiger partial charge in [-0.05, 0) is 69.4 Å². The predicted octanol–water partition coefficient (Wildman–Crippen LogP) is 3.12. The summed E-state index contributed by atoms with van der Waals surface area (Å²) in [6, 6.07) is 7.86. The lowest BCUT2D eigenvalue weighted by molar-refractivity contribution is -0.122. The Morgan fingerprint density at radius 3 is 2.69 bits per heavy atom. The van der Waals surface area contributed by atoms with E-state index in [9.17, 15) is 18.0 Å². The van der Waals surface area contributed by atoms with E-state index in [0.29, 0.717) is 35.5 Å². The van der Waals surface area contributed by atoms with Gasteiger partial charge in [-0.25, -0.2) is 8.42 Å². The van der Waals surface area contributed by atoms with Gasteiger partial charge in [0.15, 0.2) is 6.10 Å². The maximum Gasteiger partial charge on any atom is 0.265 e. The molecule has 4 rings (SSSR count). The summed E-state index contributed by atoms with van der Waals surface area (Å²) in [6.07, 6.45) is 0.324. The molecular formula is C23H27N3O5S. The Morgan fingerprint density at radius 2 is 1.94 bits per heavy atom. The summed E-state index contributed by atoms with van der Waals surface area (Å²) < 4.78 is 34.0. The molecule has 8 nitrogen and oxygen atoms in total. The zero-order chi connectivity index (χ0) is 23.2. The van der Waals surface area contributed by atoms with Gasteiger partial charge < -0.3 is 15.4 Å². The predicted molar refractivity (Wildman–Crippen MR) is 121 cm³/mol. The van der Waals surface area contributed by atoms with Crippen LogP contribution in [0.1, 0.15) is 36.5 Å². The first kappa shape index (κ1) is 22.3. The molecule has 2 aromatic rings. The number of aryl methyl sites for hydroxylation is 2. The summed E-state index contributed by atoms with van der Waals surface area (Å²) in [6.45, 7) is 7.41. The smallest absolute Gasteiger partial charge is 0.265 e. The third kappa shape index (κ3) is 3.86. The Bertz CT molecular complexity index is 1210. The van der Waals surface area contributed by atoms with E-state index in [1.165, 1.54) is 10.4 Å². The van der Waals surface area contributed by atoms with E-state index in [1.807, 2.05) is 32.0 Å². The van der Waals surface area contributed by atoms with Crippen molar-refractivity contribution in [2.75, 3.05) is 17.2 Å². The van der Waals surface area contributed by atoms with Crippen molar-refractivity contribution in [2.24, 2.45) is 0 Å². The lowest BCUT2D eigenvalue weighted by atomic mass is 10.1. The van der Waals surface area contributed by atoms with Gasteiger partial charge in [0.1, 0.15) is 11.8 Å². The number of ether oxygens (including phenoxy) is 1. The van der Waals surface area contributed by atoms with Crippen LogP contribution < -0.4 is 15.4 Å². The van der Waals surface area contributed by atoms with Crippen LogP contribution in [-0.4, -0.2) is 43.2 Å². The number of sulfonamides is 1. The number of carbonyl (C=O) groups excluding carboxylic acids is 2. The van der Waals surface area contributed by atoms with Crippen LogP contribution in [0.2, 0.25) is 0 Å². The van der Waals surface area contributed by atoms with Crippen molar-refractivity contribution in [3.8, 4) is 5.75 Å². The van der Waals surface area contributed by atoms with Crippen molar-refractivity contribution >= 4 is 33.2 Å². The van der Waals surface area contributed by atoms with E-state index >= 15 is 0 Å². The lowest BCUT2D eigenvalue weighted by Crippen LogP contribution is -2.43. The van der Waals surface area contributed by atoms with Gasteiger partial charge in [0.2, 0.25) is 15.9 Å². The highest BCUT2D eigenvalue weighted by molar-refractivity contribution is 7.89. The molecule has 0 saturated carbocycles. The fraction of sp³-hybridized carbons (Fsp3) is 0.391. The van der Waals surface area contributed by atoms with Crippen molar-refractivity contribution in [3.63, 3.8) is 0 Å². The van der Waals surface area contributed by atoms with Gasteiger partial charge in [0.05, 0.1) is 10.6 Å². The second-order valence-electron chi connectivity index (χ2n) is 8.37. The van der Waals surface area contributed by atoms with Gasteiger partial charge in [-0.3, -0.25) is 9.59 Å². The molecule has 2 atom stereocenters. The van der Waals surface area contributed by atoms with Gasteiger partial charge in [-0.15, -0.1) is 0 Å². The van der Waals surface area contributed by atoms with Crippen LogP contribution in [0.5, 0.6) is 5.75 Å². The zero-order valence-electron chi connectivity index (χ0n) is 18.6. The zero-order valence-corrected chi connectivity index (χ0v) is 19.4. The van der Waals surface area contributed by atoms with Crippen LogP contribution in [0.4, 0.5) is 11.4 Å². The minimum absolute atomic E-state index is 0.0750. The van der Waals surface area contributed by atoms with Crippen LogP contribution in [0.15, 0.2) is 35.2 Å². The van der Waals surface area contributed by atoms with Crippen LogP contribution in [0.3, 0.4) is 0 Å². The van der Waals surface area contributed by atoms with Crippen LogP contribution in [-0.2, 0) is 19.6 Å². The van der Waals surface area contributed by atoms with Crippen molar-refractivity contribution in [3.05, 3.63) is 47.0 Å². The summed E-state index contributed by atoms with van der Waals surface area (Å²) in [4.78, 5) is 25.0. The first-order valence-corrected chi connectivity index (χ1v) is 12.0. The molecule has 32 heavy (non-hydrogen) atoms. The van der Waals surface area contributed by atoms with Gasteiger partial charge >= 0.3 is 0 Å². The summed E-state index contributed by atoms with van der Waals surface area (Å²) in [5, 5.41) is 5.63. The lowest BCUT2D eigenvalue weighted by Gasteiger charge is -2.27. The highest BCUT2D eigenvalue weighted by atomic mass is 32.2. The van der Waals surface area contributed by atoms with Crippen molar-refractivity contribution in [1.82, 2.24) is 4.31 Å². The highest BCUT2D eigenvalue weighted by Crippen LogP contribution is 2.37. The molecule has 2 aliphatic heterocycles. The van der Waals surface area contributed by atoms with Crippen molar-refractivity contribution in [1.29, 1.82) is 0 Å². The number of anilines is 2. The molecule has 0 spiro atoms. The first-order chi connectivity index (χ1) is 15.1. The Morgan fingerprint density at radius 1 is 1.19 bits per heavy atom. The summed E-state index contributed by atoms with van der Waals surface area (Å²) in [5.41, 5.74) is 3.59. The largest absolute Gasteiger partial charge is 0.479 e. The Kier molecular flexibility index (Phi) is 5.72. The molecule has 0 bridgehead atoms. The molecule has 1 saturated heterocycles. The number of nitrogens with one attached hydrogen (secondary N) is 2. The van der Waals surface area contributed by atoms with Gasteiger partial charge in [-0.2, -0.15) is 4.31 Å². The van der Waals surface area contributed by atoms with E-state index in [0.717, 1.165) is 11.1 Å². The molecule has 0 unspecified atom stereocenters. The third-order valence-corrected chi connectivity index (χ3v) is 8.21. The third-order valence-electron chi connectivity index (χ3n) is 6.16. The molecule has 0 aromatic heterocycles. The quantitative estimate of drug-likeness (QED) is 0.734. The fourth-order valence-electron chi connectivity index (χ4n) is 4.14. The molecule has 2 N–H and O–H groups in total. The monoisotopic (exact) mass is 457 g/mol. The average Bonchev–Trinajstić information content (AvgIpc) is 3.23. The molecule has 1 fully saturated rings. The second kappa shape index (κ2) is 8.22. The minimum Gasteiger partial charge on any atom is -0.479 e. The number of nitrogens with zero attached hydrogens (tertiary/aromatic N) is 1. The van der Waals surface area contributed by atoms with E-state index in [-0.39, 0.29) is 23.3 Å². The van der Waals surface area contributed by atoms with Crippen LogP contribution in [0, 0.1) is 20.8 Å². The molecule has 2 heterocycles. The van der Waals surface area contributed by atoms with E-state index < -0.39 is 22.2 Å². The second-order valence-corrected chi connectivity index (χ2v) is 10.2. The number of fused-ring (bicyclic) bond motifs is 1. The number of amides is 2.